The number of nitrogens with zero attached hydrogens (tertiary/aromatic N) is 4. The van der Waals surface area contributed by atoms with E-state index in [1.54, 1.807) is 23.0 Å². The largest absolute Gasteiger partial charge is 0.351 e. The van der Waals surface area contributed by atoms with Gasteiger partial charge >= 0.3 is 0 Å². The van der Waals surface area contributed by atoms with Gasteiger partial charge in [0.2, 0.25) is 5.95 Å². The van der Waals surface area contributed by atoms with Crippen LogP contribution in [0.3, 0.4) is 0 Å². The molecule has 0 aliphatic heterocycles. The zero-order valence-corrected chi connectivity index (χ0v) is 15.0. The molecule has 2 aliphatic carbocycles. The van der Waals surface area contributed by atoms with Crippen LogP contribution in [0.4, 0.5) is 19.1 Å². The summed E-state index contributed by atoms with van der Waals surface area (Å²) in [6.07, 6.45) is 11.0. The molecule has 1 saturated carbocycles. The molecule has 8 heteroatoms. The zero-order valence-electron chi connectivity index (χ0n) is 15.0. The van der Waals surface area contributed by atoms with E-state index in [9.17, 15) is 13.2 Å². The summed E-state index contributed by atoms with van der Waals surface area (Å²) in [6, 6.07) is 1.18. The van der Waals surface area contributed by atoms with E-state index in [2.05, 4.69) is 26.3 Å². The first-order valence-corrected chi connectivity index (χ1v) is 9.32. The van der Waals surface area contributed by atoms with E-state index in [0.29, 0.717) is 5.95 Å². The number of aromatic nitrogens is 4. The van der Waals surface area contributed by atoms with Crippen LogP contribution in [-0.2, 0) is 6.42 Å². The molecule has 0 aromatic carbocycles. The van der Waals surface area contributed by atoms with Crippen LogP contribution < -0.4 is 5.32 Å². The highest BCUT2D eigenvalue weighted by Crippen LogP contribution is 2.39. The van der Waals surface area contributed by atoms with Gasteiger partial charge < -0.3 is 9.72 Å². The average molecular weight is 385 g/mol. The maximum atomic E-state index is 14.4. The Labute approximate surface area is 159 Å². The summed E-state index contributed by atoms with van der Waals surface area (Å²) in [6.45, 7) is 0. The molecule has 0 atom stereocenters. The van der Waals surface area contributed by atoms with E-state index in [0.717, 1.165) is 41.7 Å². The first-order chi connectivity index (χ1) is 13.5. The summed E-state index contributed by atoms with van der Waals surface area (Å²) in [7, 11) is 0. The molecule has 144 valence electrons. The number of fused-ring (bicyclic) bond motifs is 2. The van der Waals surface area contributed by atoms with Crippen LogP contribution in [0.5, 0.6) is 0 Å². The Balaban J connectivity index is 1.48. The van der Waals surface area contributed by atoms with E-state index in [1.807, 2.05) is 6.20 Å². The highest BCUT2D eigenvalue weighted by molar-refractivity contribution is 5.81. The van der Waals surface area contributed by atoms with Crippen molar-refractivity contribution in [3.8, 4) is 0 Å². The molecule has 5 rings (SSSR count). The van der Waals surface area contributed by atoms with Crippen molar-refractivity contribution in [3.05, 3.63) is 59.6 Å². The summed E-state index contributed by atoms with van der Waals surface area (Å²) in [5, 5.41) is 2.99. The van der Waals surface area contributed by atoms with Gasteiger partial charge in [0, 0.05) is 54.8 Å². The van der Waals surface area contributed by atoms with Gasteiger partial charge in [-0.15, -0.1) is 0 Å². The molecule has 0 saturated heterocycles. The van der Waals surface area contributed by atoms with Gasteiger partial charge in [0.1, 0.15) is 0 Å². The molecule has 0 bridgehead atoms. The monoisotopic (exact) mass is 385 g/mol. The Morgan fingerprint density at radius 3 is 2.89 bits per heavy atom. The van der Waals surface area contributed by atoms with Gasteiger partial charge in [-0.3, -0.25) is 0 Å². The number of anilines is 1. The van der Waals surface area contributed by atoms with Crippen LogP contribution in [0.25, 0.3) is 11.2 Å². The minimum Gasteiger partial charge on any atom is -0.351 e. The van der Waals surface area contributed by atoms with Crippen molar-refractivity contribution in [2.45, 2.75) is 44.1 Å². The third-order valence-corrected chi connectivity index (χ3v) is 5.30. The highest BCUT2D eigenvalue weighted by Gasteiger charge is 2.45. The van der Waals surface area contributed by atoms with Crippen LogP contribution in [0, 0.1) is 5.82 Å². The molecule has 0 radical (unpaired) electrons. The van der Waals surface area contributed by atoms with Crippen molar-refractivity contribution in [3.63, 3.8) is 0 Å². The number of hydrogen-bond donors (Lipinski definition) is 1. The van der Waals surface area contributed by atoms with E-state index >= 15 is 0 Å². The Hall–Kier alpha value is -2.90. The van der Waals surface area contributed by atoms with Gasteiger partial charge in [-0.1, -0.05) is 6.08 Å². The van der Waals surface area contributed by atoms with Gasteiger partial charge in [0.25, 0.3) is 5.92 Å². The second kappa shape index (κ2) is 6.32. The molecule has 1 fully saturated rings. The summed E-state index contributed by atoms with van der Waals surface area (Å²) in [5.74, 6) is -2.61. The molecular weight excluding hydrogens is 367 g/mol. The minimum atomic E-state index is -2.59. The Bertz CT molecular complexity index is 1080. The van der Waals surface area contributed by atoms with Crippen molar-refractivity contribution in [1.29, 1.82) is 0 Å². The van der Waals surface area contributed by atoms with E-state index < -0.39 is 5.92 Å². The minimum absolute atomic E-state index is 0.192. The Morgan fingerprint density at radius 2 is 2.07 bits per heavy atom. The van der Waals surface area contributed by atoms with Crippen molar-refractivity contribution in [2.24, 2.45) is 0 Å². The van der Waals surface area contributed by atoms with Crippen LogP contribution in [0.1, 0.15) is 42.5 Å². The summed E-state index contributed by atoms with van der Waals surface area (Å²) < 4.78 is 42.2. The molecule has 3 aromatic rings. The molecule has 2 aliphatic rings. The molecule has 0 spiro atoms. The zero-order chi connectivity index (χ0) is 19.3. The number of halogens is 3. The quantitative estimate of drug-likeness (QED) is 0.733. The number of nitrogens with one attached hydrogen (secondary N) is 1. The number of pyridine rings is 1. The molecular formula is C20H18F3N5. The van der Waals surface area contributed by atoms with Gasteiger partial charge in [-0.25, -0.2) is 28.1 Å². The predicted octanol–water partition coefficient (Wildman–Crippen LogP) is 4.24. The molecule has 3 heterocycles. The number of rotatable bonds is 3. The van der Waals surface area contributed by atoms with E-state index in [1.165, 1.54) is 6.07 Å². The van der Waals surface area contributed by atoms with E-state index in [-0.39, 0.29) is 30.3 Å². The van der Waals surface area contributed by atoms with Crippen molar-refractivity contribution >= 4 is 17.2 Å². The first-order valence-electron chi connectivity index (χ1n) is 9.32. The fraction of sp³-hybridized carbons (Fsp3) is 0.350. The number of imidazole rings is 1. The molecule has 3 aromatic heterocycles. The van der Waals surface area contributed by atoms with E-state index in [4.69, 9.17) is 0 Å². The maximum Gasteiger partial charge on any atom is 0.252 e. The topological polar surface area (TPSA) is 55.1 Å². The fourth-order valence-corrected chi connectivity index (χ4v) is 3.88. The normalized spacial score (nSPS) is 18.9. The lowest BCUT2D eigenvalue weighted by Gasteiger charge is -2.35. The third kappa shape index (κ3) is 3.02. The molecule has 0 amide bonds. The molecule has 5 nitrogen and oxygen atoms in total. The second-order valence-corrected chi connectivity index (χ2v) is 7.40. The third-order valence-electron chi connectivity index (χ3n) is 5.30. The summed E-state index contributed by atoms with van der Waals surface area (Å²) in [5.41, 5.74) is 3.59. The molecule has 28 heavy (non-hydrogen) atoms. The lowest BCUT2D eigenvalue weighted by atomic mass is 9.88. The summed E-state index contributed by atoms with van der Waals surface area (Å²) >= 11 is 0. The lowest BCUT2D eigenvalue weighted by Crippen LogP contribution is -2.44. The van der Waals surface area contributed by atoms with Crippen LogP contribution in [-0.4, -0.2) is 31.3 Å². The van der Waals surface area contributed by atoms with Crippen molar-refractivity contribution in [1.82, 2.24) is 19.4 Å². The SMILES string of the molecule is Fc1cc(C2=CCCCc3nc(NC4CC(F)(F)C4)ncc32)cn2ccnc12. The Kier molecular flexibility index (Phi) is 3.89. The number of alkyl halides is 2. The van der Waals surface area contributed by atoms with Gasteiger partial charge in [0.05, 0.1) is 5.69 Å². The standard InChI is InChI=1S/C20H18F3N5/c21-16-7-12(11-28-6-5-24-18(16)28)14-3-1-2-4-17-15(14)10-25-19(27-17)26-13-8-20(22,23)9-13/h3,5-7,10-11,13H,1-2,4,8-9H2,(H,25,26,27). The lowest BCUT2D eigenvalue weighted by molar-refractivity contribution is -0.0794. The second-order valence-electron chi connectivity index (χ2n) is 7.40. The van der Waals surface area contributed by atoms with Gasteiger partial charge in [0.15, 0.2) is 11.5 Å². The van der Waals surface area contributed by atoms with Crippen LogP contribution >= 0.6 is 0 Å². The smallest absolute Gasteiger partial charge is 0.252 e. The number of allylic oxidation sites excluding steroid dienone is 1. The molecule has 0 unspecified atom stereocenters. The number of aryl methyl sites for hydroxylation is 1. The average Bonchev–Trinajstić information content (AvgIpc) is 3.00. The fourth-order valence-electron chi connectivity index (χ4n) is 3.88. The predicted molar refractivity (Wildman–Crippen MR) is 98.8 cm³/mol. The van der Waals surface area contributed by atoms with Crippen molar-refractivity contribution in [2.75, 3.05) is 5.32 Å². The van der Waals surface area contributed by atoms with Gasteiger partial charge in [-0.05, 0) is 30.9 Å². The van der Waals surface area contributed by atoms with Crippen LogP contribution in [0.2, 0.25) is 0 Å². The molecule has 1 N–H and O–H groups in total. The highest BCUT2D eigenvalue weighted by atomic mass is 19.3. The van der Waals surface area contributed by atoms with Gasteiger partial charge in [-0.2, -0.15) is 0 Å². The van der Waals surface area contributed by atoms with Crippen LogP contribution in [0.15, 0.2) is 36.9 Å². The first kappa shape index (κ1) is 17.2. The maximum absolute atomic E-state index is 14.4. The Morgan fingerprint density at radius 1 is 1.21 bits per heavy atom. The number of hydrogen-bond acceptors (Lipinski definition) is 4. The summed E-state index contributed by atoms with van der Waals surface area (Å²) in [4.78, 5) is 12.9. The van der Waals surface area contributed by atoms with Crippen molar-refractivity contribution < 1.29 is 13.2 Å².